The predicted octanol–water partition coefficient (Wildman–Crippen LogP) is 4.58. The molecule has 0 aliphatic rings. The quantitative estimate of drug-likeness (QED) is 0.598. The van der Waals surface area contributed by atoms with Crippen molar-refractivity contribution in [2.75, 3.05) is 0 Å². The molecule has 21 heavy (non-hydrogen) atoms. The summed E-state index contributed by atoms with van der Waals surface area (Å²) in [5, 5.41) is 0. The summed E-state index contributed by atoms with van der Waals surface area (Å²) in [6, 6.07) is 8.83. The molecule has 0 radical (unpaired) electrons. The Morgan fingerprint density at radius 1 is 1.10 bits per heavy atom. The molecule has 0 heterocycles. The molecule has 2 rings (SSSR count). The van der Waals surface area contributed by atoms with Gasteiger partial charge in [-0.3, -0.25) is 4.79 Å². The minimum atomic E-state index is -4.69. The molecule has 0 atom stereocenters. The molecule has 0 aromatic heterocycles. The molecular formula is C16H12F4O. The maximum Gasteiger partial charge on any atom is 0.417 e. The van der Waals surface area contributed by atoms with Gasteiger partial charge in [0.15, 0.2) is 5.78 Å². The van der Waals surface area contributed by atoms with Crippen LogP contribution < -0.4 is 0 Å². The van der Waals surface area contributed by atoms with Crippen LogP contribution in [0, 0.1) is 12.7 Å². The lowest BCUT2D eigenvalue weighted by Crippen LogP contribution is -2.15. The number of hydrogen-bond acceptors (Lipinski definition) is 1. The van der Waals surface area contributed by atoms with Crippen molar-refractivity contribution in [3.05, 3.63) is 70.5 Å². The fourth-order valence-corrected chi connectivity index (χ4v) is 2.10. The molecule has 5 heteroatoms. The van der Waals surface area contributed by atoms with Crippen LogP contribution in [-0.4, -0.2) is 5.78 Å². The average molecular weight is 296 g/mol. The van der Waals surface area contributed by atoms with Crippen LogP contribution in [-0.2, 0) is 12.6 Å². The van der Waals surface area contributed by atoms with Crippen molar-refractivity contribution >= 4 is 5.78 Å². The summed E-state index contributed by atoms with van der Waals surface area (Å²) in [7, 11) is 0. The lowest BCUT2D eigenvalue weighted by atomic mass is 9.97. The minimum absolute atomic E-state index is 0.200. The maximum atomic E-state index is 13.2. The van der Waals surface area contributed by atoms with E-state index in [4.69, 9.17) is 0 Å². The van der Waals surface area contributed by atoms with Gasteiger partial charge in [-0.15, -0.1) is 0 Å². The topological polar surface area (TPSA) is 17.1 Å². The molecule has 2 aromatic carbocycles. The lowest BCUT2D eigenvalue weighted by molar-refractivity contribution is -0.137. The molecule has 0 unspecified atom stereocenters. The molecule has 0 N–H and O–H groups in total. The Morgan fingerprint density at radius 3 is 2.43 bits per heavy atom. The fourth-order valence-electron chi connectivity index (χ4n) is 2.10. The Morgan fingerprint density at radius 2 is 1.81 bits per heavy atom. The third-order valence-corrected chi connectivity index (χ3v) is 3.03. The molecule has 0 aliphatic heterocycles. The second-order valence-electron chi connectivity index (χ2n) is 4.78. The molecule has 0 aliphatic carbocycles. The van der Waals surface area contributed by atoms with E-state index < -0.39 is 28.9 Å². The zero-order valence-electron chi connectivity index (χ0n) is 11.2. The molecule has 0 spiro atoms. The molecular weight excluding hydrogens is 284 g/mol. The van der Waals surface area contributed by atoms with Crippen molar-refractivity contribution in [1.29, 1.82) is 0 Å². The summed E-state index contributed by atoms with van der Waals surface area (Å²) in [5.41, 5.74) is -0.251. The van der Waals surface area contributed by atoms with Gasteiger partial charge in [0.05, 0.1) is 5.56 Å². The van der Waals surface area contributed by atoms with Gasteiger partial charge in [0.2, 0.25) is 0 Å². The Kier molecular flexibility index (Phi) is 4.11. The highest BCUT2D eigenvalue weighted by molar-refractivity contribution is 5.99. The SMILES string of the molecule is Cc1cccc(CC(=O)c2cc(F)ccc2C(F)(F)F)c1. The van der Waals surface area contributed by atoms with Gasteiger partial charge in [0.25, 0.3) is 0 Å². The zero-order chi connectivity index (χ0) is 15.6. The number of rotatable bonds is 3. The summed E-state index contributed by atoms with van der Waals surface area (Å²) in [4.78, 5) is 12.1. The second kappa shape index (κ2) is 5.68. The number of carbonyl (C=O) groups excluding carboxylic acids is 1. The van der Waals surface area contributed by atoms with Gasteiger partial charge in [-0.2, -0.15) is 13.2 Å². The highest BCUT2D eigenvalue weighted by Crippen LogP contribution is 2.33. The normalized spacial score (nSPS) is 11.5. The van der Waals surface area contributed by atoms with Crippen molar-refractivity contribution in [3.8, 4) is 0 Å². The van der Waals surface area contributed by atoms with E-state index in [1.165, 1.54) is 0 Å². The summed E-state index contributed by atoms with van der Waals surface area (Å²) < 4.78 is 51.8. The number of halogens is 4. The second-order valence-corrected chi connectivity index (χ2v) is 4.78. The predicted molar refractivity (Wildman–Crippen MR) is 70.6 cm³/mol. The van der Waals surface area contributed by atoms with Gasteiger partial charge >= 0.3 is 6.18 Å². The third-order valence-electron chi connectivity index (χ3n) is 3.03. The first-order valence-corrected chi connectivity index (χ1v) is 6.23. The number of aryl methyl sites for hydroxylation is 1. The largest absolute Gasteiger partial charge is 0.417 e. The van der Waals surface area contributed by atoms with Crippen molar-refractivity contribution in [3.63, 3.8) is 0 Å². The molecule has 0 saturated heterocycles. The van der Waals surface area contributed by atoms with E-state index >= 15 is 0 Å². The van der Waals surface area contributed by atoms with Crippen LogP contribution in [0.3, 0.4) is 0 Å². The highest BCUT2D eigenvalue weighted by Gasteiger charge is 2.35. The van der Waals surface area contributed by atoms with Crippen molar-refractivity contribution < 1.29 is 22.4 Å². The molecule has 0 bridgehead atoms. The Balaban J connectivity index is 2.37. The van der Waals surface area contributed by atoms with E-state index in [9.17, 15) is 22.4 Å². The van der Waals surface area contributed by atoms with E-state index in [1.807, 2.05) is 13.0 Å². The van der Waals surface area contributed by atoms with Gasteiger partial charge in [-0.1, -0.05) is 29.8 Å². The molecule has 110 valence electrons. The van der Waals surface area contributed by atoms with E-state index in [-0.39, 0.29) is 6.42 Å². The van der Waals surface area contributed by atoms with Crippen LogP contribution in [0.25, 0.3) is 0 Å². The molecule has 0 saturated carbocycles. The van der Waals surface area contributed by atoms with Crippen LogP contribution >= 0.6 is 0 Å². The number of Topliss-reactive ketones (excluding diaryl/α,β-unsaturated/α-hetero) is 1. The van der Waals surface area contributed by atoms with E-state index in [0.717, 1.165) is 5.56 Å². The summed E-state index contributed by atoms with van der Waals surface area (Å²) in [5.74, 6) is -1.62. The maximum absolute atomic E-state index is 13.2. The first-order chi connectivity index (χ1) is 9.77. The van der Waals surface area contributed by atoms with Crippen molar-refractivity contribution in [2.24, 2.45) is 0 Å². The minimum Gasteiger partial charge on any atom is -0.294 e. The number of hydrogen-bond donors (Lipinski definition) is 0. The number of ketones is 1. The van der Waals surface area contributed by atoms with Gasteiger partial charge in [-0.05, 0) is 30.7 Å². The molecule has 0 amide bonds. The van der Waals surface area contributed by atoms with Crippen molar-refractivity contribution in [1.82, 2.24) is 0 Å². The van der Waals surface area contributed by atoms with Crippen molar-refractivity contribution in [2.45, 2.75) is 19.5 Å². The number of benzene rings is 2. The van der Waals surface area contributed by atoms with Gasteiger partial charge in [0, 0.05) is 12.0 Å². The zero-order valence-corrected chi connectivity index (χ0v) is 11.2. The Hall–Kier alpha value is -2.17. The van der Waals surface area contributed by atoms with Crippen LogP contribution in [0.15, 0.2) is 42.5 Å². The van der Waals surface area contributed by atoms with Crippen LogP contribution in [0.4, 0.5) is 17.6 Å². The van der Waals surface area contributed by atoms with Gasteiger partial charge < -0.3 is 0 Å². The van der Waals surface area contributed by atoms with Crippen LogP contribution in [0.2, 0.25) is 0 Å². The average Bonchev–Trinajstić information content (AvgIpc) is 2.37. The monoisotopic (exact) mass is 296 g/mol. The molecule has 1 nitrogen and oxygen atoms in total. The standard InChI is InChI=1S/C16H12F4O/c1-10-3-2-4-11(7-10)8-15(21)13-9-12(17)5-6-14(13)16(18,19)20/h2-7,9H,8H2,1H3. The smallest absolute Gasteiger partial charge is 0.294 e. The number of carbonyl (C=O) groups is 1. The molecule has 2 aromatic rings. The van der Waals surface area contributed by atoms with E-state index in [1.54, 1.807) is 18.2 Å². The fraction of sp³-hybridized carbons (Fsp3) is 0.188. The molecule has 0 fully saturated rings. The Bertz CT molecular complexity index is 674. The Labute approximate surface area is 119 Å². The summed E-state index contributed by atoms with van der Waals surface area (Å²) >= 11 is 0. The van der Waals surface area contributed by atoms with E-state index in [2.05, 4.69) is 0 Å². The van der Waals surface area contributed by atoms with Crippen LogP contribution in [0.1, 0.15) is 27.0 Å². The summed E-state index contributed by atoms with van der Waals surface area (Å²) in [6.45, 7) is 1.82. The van der Waals surface area contributed by atoms with E-state index in [0.29, 0.717) is 23.8 Å². The van der Waals surface area contributed by atoms with Crippen LogP contribution in [0.5, 0.6) is 0 Å². The highest BCUT2D eigenvalue weighted by atomic mass is 19.4. The van der Waals surface area contributed by atoms with Gasteiger partial charge in [-0.25, -0.2) is 4.39 Å². The first-order valence-electron chi connectivity index (χ1n) is 6.23. The van der Waals surface area contributed by atoms with Gasteiger partial charge in [0.1, 0.15) is 5.82 Å². The first kappa shape index (κ1) is 15.2. The third kappa shape index (κ3) is 3.68. The lowest BCUT2D eigenvalue weighted by Gasteiger charge is -2.12. The summed E-state index contributed by atoms with van der Waals surface area (Å²) in [6.07, 6.45) is -4.89. The number of alkyl halides is 3.